The van der Waals surface area contributed by atoms with Gasteiger partial charge < -0.3 is 0 Å². The number of hydrogen-bond acceptors (Lipinski definition) is 1. The minimum Gasteiger partial charge on any atom is -0.297 e. The molecule has 0 heterocycles. The van der Waals surface area contributed by atoms with Crippen LogP contribution in [0.25, 0.3) is 5.57 Å². The first-order valence-electron chi connectivity index (χ1n) is 7.87. The lowest BCUT2D eigenvalue weighted by Crippen LogP contribution is -2.56. The standard InChI is InChI=1S/C21H17ClO/c1-21(22)17-13-12-16(19(17)20(21)23)18(14-8-4-2-5-9-14)15-10-6-3-7-11-15/h2-13,17,19H,1H3/t17-,19+,21-/m1/s1. The van der Waals surface area contributed by atoms with Gasteiger partial charge in [0.25, 0.3) is 0 Å². The summed E-state index contributed by atoms with van der Waals surface area (Å²) in [6.07, 6.45) is 4.19. The topological polar surface area (TPSA) is 17.1 Å². The second kappa shape index (κ2) is 5.21. The highest BCUT2D eigenvalue weighted by Crippen LogP contribution is 2.55. The fourth-order valence-corrected chi connectivity index (χ4v) is 4.05. The highest BCUT2D eigenvalue weighted by molar-refractivity contribution is 6.39. The molecule has 4 rings (SSSR count). The van der Waals surface area contributed by atoms with Gasteiger partial charge in [0.1, 0.15) is 4.87 Å². The minimum absolute atomic E-state index is 0.104. The van der Waals surface area contributed by atoms with Crippen molar-refractivity contribution < 1.29 is 4.79 Å². The number of allylic oxidation sites excluding steroid dienone is 3. The van der Waals surface area contributed by atoms with Gasteiger partial charge in [-0.15, -0.1) is 11.6 Å². The van der Waals surface area contributed by atoms with E-state index in [1.165, 1.54) is 0 Å². The summed E-state index contributed by atoms with van der Waals surface area (Å²) in [5.41, 5.74) is 4.50. The molecule has 0 aromatic heterocycles. The van der Waals surface area contributed by atoms with E-state index in [1.54, 1.807) is 0 Å². The van der Waals surface area contributed by atoms with Gasteiger partial charge in [0, 0.05) is 5.92 Å². The zero-order chi connectivity index (χ0) is 16.0. The molecule has 0 aliphatic heterocycles. The summed E-state index contributed by atoms with van der Waals surface area (Å²) in [6.45, 7) is 1.83. The van der Waals surface area contributed by atoms with Crippen molar-refractivity contribution in [1.29, 1.82) is 0 Å². The number of fused-ring (bicyclic) bond motifs is 1. The van der Waals surface area contributed by atoms with Gasteiger partial charge in [0.2, 0.25) is 0 Å². The van der Waals surface area contributed by atoms with Gasteiger partial charge in [0.05, 0.1) is 5.92 Å². The molecule has 0 N–H and O–H groups in total. The Balaban J connectivity index is 1.91. The first-order chi connectivity index (χ1) is 11.1. The van der Waals surface area contributed by atoms with Gasteiger partial charge in [0.15, 0.2) is 5.78 Å². The molecule has 1 saturated carbocycles. The molecule has 2 heteroatoms. The molecule has 0 bridgehead atoms. The number of carbonyl (C=O) groups is 1. The monoisotopic (exact) mass is 320 g/mol. The Labute approximate surface area is 141 Å². The molecule has 3 atom stereocenters. The van der Waals surface area contributed by atoms with Crippen molar-refractivity contribution in [2.75, 3.05) is 0 Å². The molecular formula is C21H17ClO. The number of hydrogen-bond donors (Lipinski definition) is 0. The van der Waals surface area contributed by atoms with Crippen LogP contribution in [0.2, 0.25) is 0 Å². The third-order valence-electron chi connectivity index (χ3n) is 4.98. The summed E-state index contributed by atoms with van der Waals surface area (Å²) < 4.78 is 0. The molecule has 2 aromatic carbocycles. The van der Waals surface area contributed by atoms with Crippen molar-refractivity contribution in [3.63, 3.8) is 0 Å². The van der Waals surface area contributed by atoms with E-state index in [9.17, 15) is 4.79 Å². The maximum Gasteiger partial charge on any atom is 0.162 e. The molecule has 23 heavy (non-hydrogen) atoms. The summed E-state index contributed by atoms with van der Waals surface area (Å²) in [5, 5.41) is 0. The molecule has 1 fully saturated rings. The number of rotatable bonds is 2. The number of ketones is 1. The van der Waals surface area contributed by atoms with Crippen molar-refractivity contribution in [3.8, 4) is 0 Å². The molecule has 0 amide bonds. The van der Waals surface area contributed by atoms with Crippen LogP contribution in [0.1, 0.15) is 18.1 Å². The molecule has 2 aliphatic rings. The molecular weight excluding hydrogens is 304 g/mol. The fraction of sp³-hybridized carbons (Fsp3) is 0.190. The first-order valence-corrected chi connectivity index (χ1v) is 8.25. The Morgan fingerprint density at radius 3 is 2.00 bits per heavy atom. The Morgan fingerprint density at radius 2 is 1.48 bits per heavy atom. The van der Waals surface area contributed by atoms with Crippen LogP contribution >= 0.6 is 11.6 Å². The van der Waals surface area contributed by atoms with Gasteiger partial charge in [-0.05, 0) is 29.2 Å². The summed E-state index contributed by atoms with van der Waals surface area (Å²) >= 11 is 6.39. The van der Waals surface area contributed by atoms with Crippen LogP contribution in [0.4, 0.5) is 0 Å². The molecule has 0 radical (unpaired) electrons. The Kier molecular flexibility index (Phi) is 3.28. The lowest BCUT2D eigenvalue weighted by atomic mass is 9.63. The zero-order valence-electron chi connectivity index (χ0n) is 12.9. The van der Waals surface area contributed by atoms with Gasteiger partial charge in [-0.3, -0.25) is 4.79 Å². The third kappa shape index (κ3) is 2.11. The van der Waals surface area contributed by atoms with Crippen LogP contribution in [0, 0.1) is 11.8 Å². The smallest absolute Gasteiger partial charge is 0.162 e. The molecule has 2 aliphatic carbocycles. The number of benzene rings is 2. The summed E-state index contributed by atoms with van der Waals surface area (Å²) in [4.78, 5) is 11.8. The van der Waals surface area contributed by atoms with Crippen molar-refractivity contribution in [1.82, 2.24) is 0 Å². The van der Waals surface area contributed by atoms with Crippen molar-refractivity contribution in [3.05, 3.63) is 89.5 Å². The van der Waals surface area contributed by atoms with Crippen LogP contribution in [0.3, 0.4) is 0 Å². The Morgan fingerprint density at radius 1 is 0.957 bits per heavy atom. The quantitative estimate of drug-likeness (QED) is 0.721. The molecule has 114 valence electrons. The number of halogens is 1. The van der Waals surface area contributed by atoms with E-state index in [1.807, 2.05) is 43.3 Å². The van der Waals surface area contributed by atoms with E-state index in [2.05, 4.69) is 36.4 Å². The van der Waals surface area contributed by atoms with Gasteiger partial charge in [-0.2, -0.15) is 0 Å². The van der Waals surface area contributed by atoms with E-state index in [0.29, 0.717) is 0 Å². The van der Waals surface area contributed by atoms with E-state index in [-0.39, 0.29) is 17.6 Å². The van der Waals surface area contributed by atoms with E-state index >= 15 is 0 Å². The number of Topliss-reactive ketones (excluding diaryl/α,β-unsaturated/α-hetero) is 1. The molecule has 0 spiro atoms. The minimum atomic E-state index is -0.749. The molecule has 1 nitrogen and oxygen atoms in total. The van der Waals surface area contributed by atoms with Gasteiger partial charge in [-0.1, -0.05) is 72.8 Å². The van der Waals surface area contributed by atoms with Crippen LogP contribution in [0.15, 0.2) is 78.4 Å². The summed E-state index contributed by atoms with van der Waals surface area (Å²) in [7, 11) is 0. The highest BCUT2D eigenvalue weighted by Gasteiger charge is 2.60. The van der Waals surface area contributed by atoms with Crippen molar-refractivity contribution >= 4 is 23.0 Å². The van der Waals surface area contributed by atoms with Crippen molar-refractivity contribution in [2.45, 2.75) is 11.8 Å². The fourth-order valence-electron chi connectivity index (χ4n) is 3.73. The lowest BCUT2D eigenvalue weighted by molar-refractivity contribution is -0.134. The SMILES string of the molecule is C[C@]1(Cl)C(=O)[C@H]2C(=C(c3ccccc3)c3ccccc3)C=C[C@H]21. The maximum absolute atomic E-state index is 12.5. The van der Waals surface area contributed by atoms with Crippen LogP contribution < -0.4 is 0 Å². The largest absolute Gasteiger partial charge is 0.297 e. The normalized spacial score (nSPS) is 28.4. The first kappa shape index (κ1) is 14.5. The average molecular weight is 321 g/mol. The maximum atomic E-state index is 12.5. The van der Waals surface area contributed by atoms with Crippen LogP contribution in [-0.2, 0) is 4.79 Å². The van der Waals surface area contributed by atoms with E-state index < -0.39 is 4.87 Å². The van der Waals surface area contributed by atoms with Gasteiger partial charge in [-0.25, -0.2) is 0 Å². The second-order valence-electron chi connectivity index (χ2n) is 6.36. The Hall–Kier alpha value is -2.12. The van der Waals surface area contributed by atoms with Crippen molar-refractivity contribution in [2.24, 2.45) is 11.8 Å². The zero-order valence-corrected chi connectivity index (χ0v) is 13.6. The third-order valence-corrected chi connectivity index (χ3v) is 5.42. The molecule has 0 saturated heterocycles. The Bertz CT molecular complexity index is 774. The highest BCUT2D eigenvalue weighted by atomic mass is 35.5. The number of alkyl halides is 1. The predicted octanol–water partition coefficient (Wildman–Crippen LogP) is 4.87. The summed E-state index contributed by atoms with van der Waals surface area (Å²) in [6, 6.07) is 20.5. The summed E-state index contributed by atoms with van der Waals surface area (Å²) in [5.74, 6) is 0.135. The van der Waals surface area contributed by atoms with Crippen LogP contribution in [0.5, 0.6) is 0 Å². The van der Waals surface area contributed by atoms with E-state index in [0.717, 1.165) is 22.3 Å². The molecule has 2 aromatic rings. The molecule has 0 unspecified atom stereocenters. The lowest BCUT2D eigenvalue weighted by Gasteiger charge is -2.44. The van der Waals surface area contributed by atoms with E-state index in [4.69, 9.17) is 11.6 Å². The second-order valence-corrected chi connectivity index (χ2v) is 7.15. The number of carbonyl (C=O) groups excluding carboxylic acids is 1. The van der Waals surface area contributed by atoms with Crippen LogP contribution in [-0.4, -0.2) is 10.7 Å². The van der Waals surface area contributed by atoms with Gasteiger partial charge >= 0.3 is 0 Å². The predicted molar refractivity (Wildman–Crippen MR) is 94.3 cm³/mol. The average Bonchev–Trinajstić information content (AvgIpc) is 2.99.